The van der Waals surface area contributed by atoms with E-state index in [9.17, 15) is 26.4 Å². The van der Waals surface area contributed by atoms with E-state index >= 15 is 0 Å². The number of benzene rings is 2. The molecule has 1 unspecified atom stereocenters. The average Bonchev–Trinajstić information content (AvgIpc) is 2.72. The lowest BCUT2D eigenvalue weighted by atomic mass is 10.0. The third kappa shape index (κ3) is 8.21. The summed E-state index contributed by atoms with van der Waals surface area (Å²) >= 11 is 0. The maximum atomic E-state index is 13.1. The number of nitrogens with zero attached hydrogens (tertiary/aromatic N) is 1. The molecule has 2 aromatic rings. The molecular formula is C23H28F3NO6S. The maximum Gasteiger partial charge on any atom is 0.573 e. The summed E-state index contributed by atoms with van der Waals surface area (Å²) in [4.78, 5) is 10.6. The number of hydrogen-bond donors (Lipinski definition) is 1. The molecule has 0 aliphatic heterocycles. The second-order valence-corrected chi connectivity index (χ2v) is 9.73. The van der Waals surface area contributed by atoms with Crippen LogP contribution in [0.25, 0.3) is 0 Å². The quantitative estimate of drug-likeness (QED) is 0.448. The molecule has 0 saturated carbocycles. The van der Waals surface area contributed by atoms with Gasteiger partial charge in [0.15, 0.2) is 0 Å². The van der Waals surface area contributed by atoms with Crippen molar-refractivity contribution >= 4 is 16.0 Å². The van der Waals surface area contributed by atoms with E-state index in [1.165, 1.54) is 4.31 Å². The largest absolute Gasteiger partial charge is 0.573 e. The summed E-state index contributed by atoms with van der Waals surface area (Å²) in [6, 6.07) is 9.32. The second-order valence-electron chi connectivity index (χ2n) is 7.79. The van der Waals surface area contributed by atoms with Crippen molar-refractivity contribution in [3.63, 3.8) is 0 Å². The molecule has 7 nitrogen and oxygen atoms in total. The van der Waals surface area contributed by atoms with Gasteiger partial charge in [-0.15, -0.1) is 13.2 Å². The number of sulfonamides is 1. The van der Waals surface area contributed by atoms with Crippen molar-refractivity contribution in [1.29, 1.82) is 0 Å². The van der Waals surface area contributed by atoms with E-state index in [1.807, 2.05) is 13.8 Å². The standard InChI is InChI=1S/C23H28F3NO6S/c1-4-13-27(34(30,31)21-10-8-19(9-11-21)33-23(24,25)26)15-17(3)32-20-7-5-18(16(2)14-20)6-12-22(28)29/h5,7-11,14,17H,4,6,12-13,15H2,1-3H3,(H,28,29). The first-order valence-corrected chi connectivity index (χ1v) is 12.1. The van der Waals surface area contributed by atoms with Crippen LogP contribution in [0.1, 0.15) is 37.8 Å². The number of carboxylic acids is 1. The molecule has 0 heterocycles. The van der Waals surface area contributed by atoms with Crippen molar-refractivity contribution in [3.05, 3.63) is 53.6 Å². The Morgan fingerprint density at radius 2 is 1.74 bits per heavy atom. The Bertz CT molecular complexity index is 1070. The molecule has 1 atom stereocenters. The van der Waals surface area contributed by atoms with E-state index in [-0.39, 0.29) is 24.4 Å². The lowest BCUT2D eigenvalue weighted by Crippen LogP contribution is -2.39. The van der Waals surface area contributed by atoms with Crippen LogP contribution in [-0.2, 0) is 21.2 Å². The zero-order chi connectivity index (χ0) is 25.5. The highest BCUT2D eigenvalue weighted by atomic mass is 32.2. The van der Waals surface area contributed by atoms with Gasteiger partial charge in [0.25, 0.3) is 0 Å². The smallest absolute Gasteiger partial charge is 0.489 e. The molecule has 0 spiro atoms. The molecule has 188 valence electrons. The van der Waals surface area contributed by atoms with Gasteiger partial charge in [-0.2, -0.15) is 4.31 Å². The number of rotatable bonds is 12. The van der Waals surface area contributed by atoms with Gasteiger partial charge >= 0.3 is 12.3 Å². The molecule has 34 heavy (non-hydrogen) atoms. The number of aryl methyl sites for hydroxylation is 2. The molecule has 0 aliphatic rings. The van der Waals surface area contributed by atoms with E-state index in [0.29, 0.717) is 18.6 Å². The van der Waals surface area contributed by atoms with Crippen LogP contribution in [-0.4, -0.2) is 49.4 Å². The van der Waals surface area contributed by atoms with E-state index < -0.39 is 34.2 Å². The number of halogens is 3. The average molecular weight is 504 g/mol. The first-order valence-electron chi connectivity index (χ1n) is 10.7. The molecule has 0 amide bonds. The summed E-state index contributed by atoms with van der Waals surface area (Å²) in [6.07, 6.45) is -4.46. The summed E-state index contributed by atoms with van der Waals surface area (Å²) in [7, 11) is -3.98. The van der Waals surface area contributed by atoms with Crippen molar-refractivity contribution in [2.75, 3.05) is 13.1 Å². The monoisotopic (exact) mass is 503 g/mol. The predicted octanol–water partition coefficient (Wildman–Crippen LogP) is 4.78. The zero-order valence-electron chi connectivity index (χ0n) is 19.1. The molecule has 11 heteroatoms. The molecular weight excluding hydrogens is 475 g/mol. The molecule has 0 aliphatic carbocycles. The highest BCUT2D eigenvalue weighted by Crippen LogP contribution is 2.26. The van der Waals surface area contributed by atoms with Crippen molar-refractivity contribution < 1.29 is 41.0 Å². The van der Waals surface area contributed by atoms with Gasteiger partial charge in [-0.1, -0.05) is 13.0 Å². The predicted molar refractivity (Wildman–Crippen MR) is 119 cm³/mol. The van der Waals surface area contributed by atoms with E-state index in [0.717, 1.165) is 35.4 Å². The molecule has 0 radical (unpaired) electrons. The molecule has 0 fully saturated rings. The highest BCUT2D eigenvalue weighted by molar-refractivity contribution is 7.89. The zero-order valence-corrected chi connectivity index (χ0v) is 19.9. The number of hydrogen-bond acceptors (Lipinski definition) is 5. The first kappa shape index (κ1) is 27.5. The van der Waals surface area contributed by atoms with Crippen LogP contribution in [0.3, 0.4) is 0 Å². The third-order valence-electron chi connectivity index (χ3n) is 4.89. The number of carboxylic acid groups (broad SMARTS) is 1. The Balaban J connectivity index is 2.11. The maximum absolute atomic E-state index is 13.1. The molecule has 0 saturated heterocycles. The van der Waals surface area contributed by atoms with Gasteiger partial charge in [0.05, 0.1) is 11.4 Å². The van der Waals surface area contributed by atoms with Crippen LogP contribution in [0.2, 0.25) is 0 Å². The van der Waals surface area contributed by atoms with Gasteiger partial charge in [-0.3, -0.25) is 4.79 Å². The van der Waals surface area contributed by atoms with Crippen molar-refractivity contribution in [2.45, 2.75) is 57.4 Å². The van der Waals surface area contributed by atoms with Gasteiger partial charge in [0, 0.05) is 13.0 Å². The fraction of sp³-hybridized carbons (Fsp3) is 0.435. The summed E-state index contributed by atoms with van der Waals surface area (Å²) in [5, 5.41) is 8.84. The van der Waals surface area contributed by atoms with Gasteiger partial charge < -0.3 is 14.6 Å². The normalized spacial score (nSPS) is 13.0. The summed E-state index contributed by atoms with van der Waals surface area (Å²) in [5.74, 6) is -0.868. The number of carbonyl (C=O) groups is 1. The van der Waals surface area contributed by atoms with Crippen molar-refractivity contribution in [3.8, 4) is 11.5 Å². The second kappa shape index (κ2) is 11.6. The number of alkyl halides is 3. The molecule has 2 aromatic carbocycles. The summed E-state index contributed by atoms with van der Waals surface area (Å²) in [6.45, 7) is 5.59. The van der Waals surface area contributed by atoms with Crippen LogP contribution in [0.5, 0.6) is 11.5 Å². The molecule has 0 aromatic heterocycles. The lowest BCUT2D eigenvalue weighted by molar-refractivity contribution is -0.274. The molecule has 1 N–H and O–H groups in total. The Morgan fingerprint density at radius 3 is 2.26 bits per heavy atom. The number of ether oxygens (including phenoxy) is 2. The van der Waals surface area contributed by atoms with Gasteiger partial charge in [-0.25, -0.2) is 8.42 Å². The molecule has 0 bridgehead atoms. The van der Waals surface area contributed by atoms with Crippen LogP contribution in [0.15, 0.2) is 47.4 Å². The lowest BCUT2D eigenvalue weighted by Gasteiger charge is -2.26. The highest BCUT2D eigenvalue weighted by Gasteiger charge is 2.31. The molecule has 2 rings (SSSR count). The van der Waals surface area contributed by atoms with Crippen molar-refractivity contribution in [1.82, 2.24) is 4.31 Å². The SMILES string of the molecule is CCCN(CC(C)Oc1ccc(CCC(=O)O)c(C)c1)S(=O)(=O)c1ccc(OC(F)(F)F)cc1. The van der Waals surface area contributed by atoms with Crippen molar-refractivity contribution in [2.24, 2.45) is 0 Å². The van der Waals surface area contributed by atoms with Crippen LogP contribution in [0.4, 0.5) is 13.2 Å². The summed E-state index contributed by atoms with van der Waals surface area (Å²) < 4.78 is 74.2. The van der Waals surface area contributed by atoms with E-state index in [2.05, 4.69) is 4.74 Å². The third-order valence-corrected chi connectivity index (χ3v) is 6.77. The fourth-order valence-electron chi connectivity index (χ4n) is 3.34. The Morgan fingerprint density at radius 1 is 1.12 bits per heavy atom. The summed E-state index contributed by atoms with van der Waals surface area (Å²) in [5.41, 5.74) is 1.75. The van der Waals surface area contributed by atoms with Crippen LogP contribution in [0, 0.1) is 6.92 Å². The first-order chi connectivity index (χ1) is 15.8. The van der Waals surface area contributed by atoms with E-state index in [4.69, 9.17) is 9.84 Å². The number of aliphatic carboxylic acids is 1. The Kier molecular flexibility index (Phi) is 9.34. The Labute approximate surface area is 197 Å². The van der Waals surface area contributed by atoms with Gasteiger partial charge in [0.1, 0.15) is 17.6 Å². The minimum Gasteiger partial charge on any atom is -0.489 e. The van der Waals surface area contributed by atoms with E-state index in [1.54, 1.807) is 25.1 Å². The Hall–Kier alpha value is -2.79. The topological polar surface area (TPSA) is 93.1 Å². The van der Waals surface area contributed by atoms with Crippen LogP contribution < -0.4 is 9.47 Å². The van der Waals surface area contributed by atoms with Gasteiger partial charge in [0.2, 0.25) is 10.0 Å². The van der Waals surface area contributed by atoms with Gasteiger partial charge in [-0.05, 0) is 74.2 Å². The van der Waals surface area contributed by atoms with Crippen LogP contribution >= 0.6 is 0 Å². The minimum atomic E-state index is -4.87. The fourth-order valence-corrected chi connectivity index (χ4v) is 4.95. The minimum absolute atomic E-state index is 0.0184.